The Kier molecular flexibility index (Phi) is 5.96. The molecule has 3 heteroatoms. The molecule has 20 heavy (non-hydrogen) atoms. The Morgan fingerprint density at radius 1 is 1.05 bits per heavy atom. The summed E-state index contributed by atoms with van der Waals surface area (Å²) in [5.74, 6) is 1.31. The Hall–Kier alpha value is -0.960. The van der Waals surface area contributed by atoms with Crippen LogP contribution in [0.25, 0.3) is 0 Å². The zero-order valence-corrected chi connectivity index (χ0v) is 13.3. The van der Waals surface area contributed by atoms with Crippen molar-refractivity contribution in [3.05, 3.63) is 70.7 Å². The van der Waals surface area contributed by atoms with E-state index in [-0.39, 0.29) is 0 Å². The van der Waals surface area contributed by atoms with Crippen molar-refractivity contribution < 1.29 is 0 Å². The molecule has 0 aliphatic rings. The van der Waals surface area contributed by atoms with E-state index in [0.29, 0.717) is 5.92 Å². The molecule has 0 N–H and O–H groups in total. The summed E-state index contributed by atoms with van der Waals surface area (Å²) in [7, 11) is 2.15. The first-order valence-corrected chi connectivity index (χ1v) is 7.79. The third-order valence-electron chi connectivity index (χ3n) is 3.39. The van der Waals surface area contributed by atoms with Gasteiger partial charge in [-0.2, -0.15) is 12.6 Å². The molecule has 2 aromatic rings. The van der Waals surface area contributed by atoms with Gasteiger partial charge in [0.15, 0.2) is 0 Å². The summed E-state index contributed by atoms with van der Waals surface area (Å²) in [5.41, 5.74) is 2.63. The lowest BCUT2D eigenvalue weighted by molar-refractivity contribution is 0.311. The molecule has 0 heterocycles. The smallest absolute Gasteiger partial charge is 0.0406 e. The normalized spacial score (nSPS) is 12.6. The van der Waals surface area contributed by atoms with Crippen molar-refractivity contribution in [3.63, 3.8) is 0 Å². The Morgan fingerprint density at radius 2 is 1.70 bits per heavy atom. The van der Waals surface area contributed by atoms with Gasteiger partial charge >= 0.3 is 0 Å². The lowest BCUT2D eigenvalue weighted by Crippen LogP contribution is -2.25. The second kappa shape index (κ2) is 7.72. The number of rotatable bonds is 6. The van der Waals surface area contributed by atoms with Gasteiger partial charge in [0.05, 0.1) is 0 Å². The minimum atomic E-state index is 0.455. The molecule has 0 saturated carbocycles. The maximum atomic E-state index is 5.91. The molecule has 2 rings (SSSR count). The van der Waals surface area contributed by atoms with Gasteiger partial charge < -0.3 is 4.90 Å². The van der Waals surface area contributed by atoms with E-state index < -0.39 is 0 Å². The van der Waals surface area contributed by atoms with Crippen LogP contribution in [-0.4, -0.2) is 24.2 Å². The predicted molar refractivity (Wildman–Crippen MR) is 90.8 cm³/mol. The van der Waals surface area contributed by atoms with Crippen LogP contribution in [-0.2, 0) is 6.54 Å². The number of hydrogen-bond acceptors (Lipinski definition) is 2. The van der Waals surface area contributed by atoms with Crippen LogP contribution < -0.4 is 0 Å². The number of likely N-dealkylation sites (N-methyl/N-ethyl adjacent to an activating group) is 1. The maximum absolute atomic E-state index is 5.91. The average Bonchev–Trinajstić information content (AvgIpc) is 2.48. The molecule has 106 valence electrons. The molecule has 0 radical (unpaired) electrons. The van der Waals surface area contributed by atoms with Crippen LogP contribution in [0.3, 0.4) is 0 Å². The van der Waals surface area contributed by atoms with Crippen molar-refractivity contribution in [2.24, 2.45) is 0 Å². The molecular weight excluding hydrogens is 286 g/mol. The topological polar surface area (TPSA) is 3.24 Å². The lowest BCUT2D eigenvalue weighted by Gasteiger charge is -2.23. The second-order valence-electron chi connectivity index (χ2n) is 5.11. The molecule has 0 bridgehead atoms. The molecule has 0 amide bonds. The zero-order valence-electron chi connectivity index (χ0n) is 11.7. The Balaban J connectivity index is 1.95. The van der Waals surface area contributed by atoms with Crippen molar-refractivity contribution >= 4 is 24.2 Å². The van der Waals surface area contributed by atoms with Gasteiger partial charge in [0.25, 0.3) is 0 Å². The summed E-state index contributed by atoms with van der Waals surface area (Å²) in [5, 5.41) is 0.786. The van der Waals surface area contributed by atoms with Gasteiger partial charge in [-0.25, -0.2) is 0 Å². The van der Waals surface area contributed by atoms with Crippen molar-refractivity contribution in [1.82, 2.24) is 4.90 Å². The Bertz CT molecular complexity index is 512. The molecule has 1 atom stereocenters. The molecule has 0 aliphatic carbocycles. The quantitative estimate of drug-likeness (QED) is 0.770. The fourth-order valence-electron chi connectivity index (χ4n) is 2.34. The molecule has 1 unspecified atom stereocenters. The van der Waals surface area contributed by atoms with Gasteiger partial charge in [0, 0.05) is 24.0 Å². The van der Waals surface area contributed by atoms with Gasteiger partial charge in [-0.05, 0) is 36.1 Å². The first-order valence-electron chi connectivity index (χ1n) is 6.78. The molecule has 0 aliphatic heterocycles. The van der Waals surface area contributed by atoms with E-state index in [2.05, 4.69) is 67.0 Å². The van der Waals surface area contributed by atoms with Crippen LogP contribution >= 0.6 is 24.2 Å². The molecule has 0 spiro atoms. The average molecular weight is 306 g/mol. The van der Waals surface area contributed by atoms with E-state index in [1.54, 1.807) is 0 Å². The van der Waals surface area contributed by atoms with Gasteiger partial charge in [0.2, 0.25) is 0 Å². The van der Waals surface area contributed by atoms with Crippen LogP contribution in [0.15, 0.2) is 54.6 Å². The zero-order chi connectivity index (χ0) is 14.4. The molecule has 2 aromatic carbocycles. The molecule has 0 saturated heterocycles. The number of benzene rings is 2. The van der Waals surface area contributed by atoms with Crippen molar-refractivity contribution in [2.45, 2.75) is 12.5 Å². The van der Waals surface area contributed by atoms with Gasteiger partial charge in [-0.3, -0.25) is 0 Å². The Labute approximate surface area is 132 Å². The van der Waals surface area contributed by atoms with Crippen molar-refractivity contribution in [3.8, 4) is 0 Å². The van der Waals surface area contributed by atoms with Gasteiger partial charge in [-0.1, -0.05) is 54.1 Å². The minimum absolute atomic E-state index is 0.455. The maximum Gasteiger partial charge on any atom is 0.0406 e. The third kappa shape index (κ3) is 4.55. The van der Waals surface area contributed by atoms with E-state index in [0.717, 1.165) is 23.9 Å². The van der Waals surface area contributed by atoms with Crippen LogP contribution in [0.4, 0.5) is 0 Å². The summed E-state index contributed by atoms with van der Waals surface area (Å²) in [6.45, 7) is 1.92. The molecular formula is C17H20ClNS. The van der Waals surface area contributed by atoms with E-state index in [4.69, 9.17) is 11.6 Å². The number of thiol groups is 1. The predicted octanol–water partition coefficient (Wildman–Crippen LogP) is 4.49. The van der Waals surface area contributed by atoms with Crippen molar-refractivity contribution in [1.29, 1.82) is 0 Å². The SMILES string of the molecule is CN(Cc1ccc(Cl)cc1)CC(CS)c1ccccc1. The summed E-state index contributed by atoms with van der Waals surface area (Å²) >= 11 is 10.4. The summed E-state index contributed by atoms with van der Waals surface area (Å²) in [4.78, 5) is 2.33. The number of hydrogen-bond donors (Lipinski definition) is 1. The third-order valence-corrected chi connectivity index (χ3v) is 4.08. The fraction of sp³-hybridized carbons (Fsp3) is 0.294. The summed E-state index contributed by atoms with van der Waals surface area (Å²) in [6, 6.07) is 18.6. The highest BCUT2D eigenvalue weighted by atomic mass is 35.5. The minimum Gasteiger partial charge on any atom is -0.301 e. The molecule has 1 nitrogen and oxygen atoms in total. The van der Waals surface area contributed by atoms with Crippen LogP contribution in [0.1, 0.15) is 17.0 Å². The lowest BCUT2D eigenvalue weighted by atomic mass is 10.0. The van der Waals surface area contributed by atoms with E-state index in [9.17, 15) is 0 Å². The highest BCUT2D eigenvalue weighted by Crippen LogP contribution is 2.19. The first-order chi connectivity index (χ1) is 9.69. The Morgan fingerprint density at radius 3 is 2.30 bits per heavy atom. The van der Waals surface area contributed by atoms with E-state index >= 15 is 0 Å². The largest absolute Gasteiger partial charge is 0.301 e. The summed E-state index contributed by atoms with van der Waals surface area (Å²) < 4.78 is 0. The first kappa shape index (κ1) is 15.4. The van der Waals surface area contributed by atoms with Crippen LogP contribution in [0.5, 0.6) is 0 Å². The van der Waals surface area contributed by atoms with Crippen molar-refractivity contribution in [2.75, 3.05) is 19.3 Å². The van der Waals surface area contributed by atoms with Crippen LogP contribution in [0.2, 0.25) is 5.02 Å². The van der Waals surface area contributed by atoms with Gasteiger partial charge in [-0.15, -0.1) is 0 Å². The van der Waals surface area contributed by atoms with Crippen LogP contribution in [0, 0.1) is 0 Å². The fourth-order valence-corrected chi connectivity index (χ4v) is 2.79. The number of nitrogens with zero attached hydrogens (tertiary/aromatic N) is 1. The number of halogens is 1. The highest BCUT2D eigenvalue weighted by Gasteiger charge is 2.12. The van der Waals surface area contributed by atoms with Gasteiger partial charge in [0.1, 0.15) is 0 Å². The highest BCUT2D eigenvalue weighted by molar-refractivity contribution is 7.80. The molecule has 0 aromatic heterocycles. The van der Waals surface area contributed by atoms with E-state index in [1.165, 1.54) is 11.1 Å². The molecule has 0 fully saturated rings. The van der Waals surface area contributed by atoms with E-state index in [1.807, 2.05) is 12.1 Å². The monoisotopic (exact) mass is 305 g/mol. The summed E-state index contributed by atoms with van der Waals surface area (Å²) in [6.07, 6.45) is 0. The standard InChI is InChI=1S/C17H20ClNS/c1-19(11-14-7-9-17(18)10-8-14)12-16(13-20)15-5-3-2-4-6-15/h2-10,16,20H,11-13H2,1H3. The second-order valence-corrected chi connectivity index (χ2v) is 5.91.